The van der Waals surface area contributed by atoms with Crippen LogP contribution in [0.3, 0.4) is 0 Å². The van der Waals surface area contributed by atoms with Gasteiger partial charge in [-0.05, 0) is 11.1 Å². The number of carboxylic acids is 1. The largest absolute Gasteiger partial charge is 0.481 e. The van der Waals surface area contributed by atoms with Crippen LogP contribution in [0.4, 0.5) is 4.79 Å². The third-order valence-electron chi connectivity index (χ3n) is 3.54. The molecule has 1 atom stereocenters. The average Bonchev–Trinajstić information content (AvgIpc) is 2.65. The van der Waals surface area contributed by atoms with E-state index in [1.54, 1.807) is 54.6 Å². The quantitative estimate of drug-likeness (QED) is 0.476. The molecule has 2 aromatic carbocycles. The Morgan fingerprint density at radius 1 is 0.889 bits per heavy atom. The minimum Gasteiger partial charge on any atom is -0.481 e. The van der Waals surface area contributed by atoms with E-state index in [0.29, 0.717) is 5.56 Å². The standard InChI is InChI=1S/C19H20N2O6/c20-19(11-16(22)23,17(24)26-12-14-7-3-1-4-8-14)21-18(25)27-13-15-9-5-2-6-10-15/h1-10H,11-13,20H2,(H,21,25)(H,22,23)/t19-/m1/s1. The highest BCUT2D eigenvalue weighted by atomic mass is 16.6. The molecule has 0 bridgehead atoms. The lowest BCUT2D eigenvalue weighted by molar-refractivity contribution is -0.157. The van der Waals surface area contributed by atoms with Crippen LogP contribution in [0.25, 0.3) is 0 Å². The van der Waals surface area contributed by atoms with Crippen molar-refractivity contribution in [3.8, 4) is 0 Å². The molecular formula is C19H20N2O6. The van der Waals surface area contributed by atoms with Gasteiger partial charge in [0.25, 0.3) is 0 Å². The van der Waals surface area contributed by atoms with Gasteiger partial charge in [-0.25, -0.2) is 9.59 Å². The van der Waals surface area contributed by atoms with E-state index < -0.39 is 30.1 Å². The predicted molar refractivity (Wildman–Crippen MR) is 95.2 cm³/mol. The SMILES string of the molecule is N[C@](CC(=O)O)(NC(=O)OCc1ccccc1)C(=O)OCc1ccccc1. The molecule has 0 spiro atoms. The summed E-state index contributed by atoms with van der Waals surface area (Å²) in [7, 11) is 0. The zero-order valence-corrected chi connectivity index (χ0v) is 14.5. The second kappa shape index (κ2) is 9.35. The molecular weight excluding hydrogens is 352 g/mol. The van der Waals surface area contributed by atoms with Gasteiger partial charge in [-0.15, -0.1) is 0 Å². The van der Waals surface area contributed by atoms with Crippen LogP contribution in [0.15, 0.2) is 60.7 Å². The van der Waals surface area contributed by atoms with Crippen molar-refractivity contribution in [3.05, 3.63) is 71.8 Å². The molecule has 1 amide bonds. The molecule has 0 saturated heterocycles. The Morgan fingerprint density at radius 3 is 1.85 bits per heavy atom. The lowest BCUT2D eigenvalue weighted by atomic mass is 10.1. The fourth-order valence-electron chi connectivity index (χ4n) is 2.20. The summed E-state index contributed by atoms with van der Waals surface area (Å²) >= 11 is 0. The number of carbonyl (C=O) groups excluding carboxylic acids is 2. The number of nitrogens with two attached hydrogens (primary N) is 1. The first-order valence-corrected chi connectivity index (χ1v) is 8.10. The number of nitrogens with one attached hydrogen (secondary N) is 1. The fourth-order valence-corrected chi connectivity index (χ4v) is 2.20. The smallest absolute Gasteiger partial charge is 0.409 e. The van der Waals surface area contributed by atoms with E-state index in [-0.39, 0.29) is 13.2 Å². The van der Waals surface area contributed by atoms with Gasteiger partial charge in [0.15, 0.2) is 0 Å². The molecule has 27 heavy (non-hydrogen) atoms. The van der Waals surface area contributed by atoms with Gasteiger partial charge in [0.1, 0.15) is 13.2 Å². The van der Waals surface area contributed by atoms with Crippen LogP contribution in [0.5, 0.6) is 0 Å². The number of amides is 1. The summed E-state index contributed by atoms with van der Waals surface area (Å²) in [6.45, 7) is -0.173. The predicted octanol–water partition coefficient (Wildman–Crippen LogP) is 1.79. The van der Waals surface area contributed by atoms with E-state index in [2.05, 4.69) is 5.32 Å². The van der Waals surface area contributed by atoms with E-state index >= 15 is 0 Å². The molecule has 0 saturated carbocycles. The second-order valence-corrected chi connectivity index (χ2v) is 5.79. The van der Waals surface area contributed by atoms with Crippen LogP contribution < -0.4 is 11.1 Å². The molecule has 8 nitrogen and oxygen atoms in total. The molecule has 4 N–H and O–H groups in total. The lowest BCUT2D eigenvalue weighted by Crippen LogP contribution is -2.63. The van der Waals surface area contributed by atoms with Crippen LogP contribution in [0.1, 0.15) is 17.5 Å². The van der Waals surface area contributed by atoms with Crippen molar-refractivity contribution in [1.82, 2.24) is 5.32 Å². The van der Waals surface area contributed by atoms with Crippen LogP contribution in [-0.2, 0) is 32.3 Å². The molecule has 142 valence electrons. The number of hydrogen-bond donors (Lipinski definition) is 3. The summed E-state index contributed by atoms with van der Waals surface area (Å²) in [5.41, 5.74) is 4.97. The van der Waals surface area contributed by atoms with Gasteiger partial charge in [0.2, 0.25) is 5.66 Å². The Balaban J connectivity index is 1.97. The highest BCUT2D eigenvalue weighted by Crippen LogP contribution is 2.10. The lowest BCUT2D eigenvalue weighted by Gasteiger charge is -2.26. The monoisotopic (exact) mass is 372 g/mol. The van der Waals surface area contributed by atoms with Crippen LogP contribution >= 0.6 is 0 Å². The fraction of sp³-hybridized carbons (Fsp3) is 0.211. The molecule has 0 heterocycles. The molecule has 0 unspecified atom stereocenters. The average molecular weight is 372 g/mol. The van der Waals surface area contributed by atoms with Gasteiger partial charge < -0.3 is 14.6 Å². The number of carbonyl (C=O) groups is 3. The van der Waals surface area contributed by atoms with Crippen molar-refractivity contribution in [1.29, 1.82) is 0 Å². The number of hydrogen-bond acceptors (Lipinski definition) is 6. The van der Waals surface area contributed by atoms with Gasteiger partial charge in [0, 0.05) is 0 Å². The highest BCUT2D eigenvalue weighted by molar-refractivity contribution is 5.89. The van der Waals surface area contributed by atoms with Crippen LogP contribution in [0, 0.1) is 0 Å². The molecule has 0 aromatic heterocycles. The number of alkyl carbamates (subject to hydrolysis) is 1. The number of esters is 1. The van der Waals surface area contributed by atoms with Crippen LogP contribution in [0.2, 0.25) is 0 Å². The van der Waals surface area contributed by atoms with Crippen molar-refractivity contribution < 1.29 is 29.0 Å². The maximum atomic E-state index is 12.3. The molecule has 8 heteroatoms. The van der Waals surface area contributed by atoms with E-state index in [1.807, 2.05) is 6.07 Å². The molecule has 0 radical (unpaired) electrons. The number of aliphatic carboxylic acids is 1. The third-order valence-corrected chi connectivity index (χ3v) is 3.54. The van der Waals surface area contributed by atoms with Crippen molar-refractivity contribution in [3.63, 3.8) is 0 Å². The van der Waals surface area contributed by atoms with Crippen LogP contribution in [-0.4, -0.2) is 28.8 Å². The minimum atomic E-state index is -2.26. The van der Waals surface area contributed by atoms with Crippen molar-refractivity contribution in [2.45, 2.75) is 25.3 Å². The van der Waals surface area contributed by atoms with Gasteiger partial charge in [-0.2, -0.15) is 0 Å². The van der Waals surface area contributed by atoms with Crippen molar-refractivity contribution in [2.24, 2.45) is 5.73 Å². The number of rotatable bonds is 8. The zero-order valence-electron chi connectivity index (χ0n) is 14.5. The van der Waals surface area contributed by atoms with Gasteiger partial charge >= 0.3 is 18.0 Å². The summed E-state index contributed by atoms with van der Waals surface area (Å²) < 4.78 is 10.0. The first kappa shape index (κ1) is 19.9. The van der Waals surface area contributed by atoms with Gasteiger partial charge in [-0.3, -0.25) is 15.8 Å². The molecule has 0 aliphatic rings. The highest BCUT2D eigenvalue weighted by Gasteiger charge is 2.40. The zero-order chi connectivity index (χ0) is 19.7. The van der Waals surface area contributed by atoms with Gasteiger partial charge in [-0.1, -0.05) is 60.7 Å². The summed E-state index contributed by atoms with van der Waals surface area (Å²) in [5, 5.41) is 11.1. The topological polar surface area (TPSA) is 128 Å². The summed E-state index contributed by atoms with van der Waals surface area (Å²) in [5.74, 6) is -2.46. The first-order chi connectivity index (χ1) is 12.9. The second-order valence-electron chi connectivity index (χ2n) is 5.79. The number of benzene rings is 2. The normalized spacial score (nSPS) is 12.5. The Bertz CT molecular complexity index is 781. The van der Waals surface area contributed by atoms with E-state index in [9.17, 15) is 14.4 Å². The van der Waals surface area contributed by atoms with Gasteiger partial charge in [0.05, 0.1) is 6.42 Å². The Hall–Kier alpha value is -3.39. The van der Waals surface area contributed by atoms with E-state index in [0.717, 1.165) is 5.56 Å². The van der Waals surface area contributed by atoms with Crippen molar-refractivity contribution in [2.75, 3.05) is 0 Å². The molecule has 2 rings (SSSR count). The molecule has 0 aliphatic carbocycles. The Kier molecular flexibility index (Phi) is 6.90. The molecule has 0 fully saturated rings. The number of carboxylic acid groups (broad SMARTS) is 1. The van der Waals surface area contributed by atoms with E-state index in [4.69, 9.17) is 20.3 Å². The third kappa shape index (κ3) is 6.44. The maximum Gasteiger partial charge on any atom is 0.409 e. The maximum absolute atomic E-state index is 12.3. The molecule has 2 aromatic rings. The number of ether oxygens (including phenoxy) is 2. The minimum absolute atomic E-state index is 0.0606. The van der Waals surface area contributed by atoms with E-state index in [1.165, 1.54) is 0 Å². The first-order valence-electron chi connectivity index (χ1n) is 8.10. The summed E-state index contributed by atoms with van der Waals surface area (Å²) in [6.07, 6.45) is -1.89. The van der Waals surface area contributed by atoms with Crippen molar-refractivity contribution >= 4 is 18.0 Å². The summed E-state index contributed by atoms with van der Waals surface area (Å²) in [6, 6.07) is 17.6. The molecule has 0 aliphatic heterocycles. The Morgan fingerprint density at radius 2 is 1.37 bits per heavy atom. The summed E-state index contributed by atoms with van der Waals surface area (Å²) in [4.78, 5) is 35.4. The Labute approximate surface area is 155 Å².